The summed E-state index contributed by atoms with van der Waals surface area (Å²) < 4.78 is 4.14. The Morgan fingerprint density at radius 2 is 1.70 bits per heavy atom. The number of nitrogens with zero attached hydrogens (tertiary/aromatic N) is 3. The van der Waals surface area contributed by atoms with Gasteiger partial charge in [0.25, 0.3) is 5.91 Å². The number of piperidine rings is 1. The number of thiophene rings is 1. The van der Waals surface area contributed by atoms with Crippen molar-refractivity contribution >= 4 is 72.7 Å². The van der Waals surface area contributed by atoms with Crippen LogP contribution in [0.2, 0.25) is 0 Å². The molecule has 1 unspecified atom stereocenters. The van der Waals surface area contributed by atoms with Gasteiger partial charge in [-0.15, -0.1) is 11.3 Å². The van der Waals surface area contributed by atoms with Crippen molar-refractivity contribution in [1.29, 1.82) is 0 Å². The van der Waals surface area contributed by atoms with E-state index in [1.807, 2.05) is 67.6 Å². The predicted molar refractivity (Wildman–Crippen MR) is 220 cm³/mol. The lowest BCUT2D eigenvalue weighted by Gasteiger charge is -2.21. The van der Waals surface area contributed by atoms with Crippen molar-refractivity contribution in [3.05, 3.63) is 93.2 Å². The Morgan fingerprint density at radius 1 is 0.911 bits per heavy atom. The molecule has 0 saturated carbocycles. The molecule has 3 aromatic heterocycles. The fourth-order valence-electron chi connectivity index (χ4n) is 7.91. The Labute approximate surface area is 327 Å². The Bertz CT molecular complexity index is 2570. The largest absolute Gasteiger partial charge is 0.381 e. The van der Waals surface area contributed by atoms with Crippen LogP contribution in [0.3, 0.4) is 0 Å². The van der Waals surface area contributed by atoms with Crippen LogP contribution in [0.25, 0.3) is 43.3 Å². The smallest absolute Gasteiger partial charge is 0.329 e. The quantitative estimate of drug-likeness (QED) is 0.0819. The molecular weight excluding hydrogens is 727 g/mol. The number of imidazole rings is 1. The molecule has 13 heteroatoms. The fourth-order valence-corrected chi connectivity index (χ4v) is 9.01. The summed E-state index contributed by atoms with van der Waals surface area (Å²) in [6.45, 7) is 3.13. The SMILES string of the molecule is C[C@@H]1CNc2c(sc3ccc4nc(-c5ccc(CNC(=O)CCCCCCCc6ccc7c(c6)n(C)c(=O)n7C6CCC(=O)NC6=O)cc5)ccc4c23)C(=O)N1. The number of anilines is 1. The summed E-state index contributed by atoms with van der Waals surface area (Å²) in [6, 6.07) is 21.6. The standard InChI is InChI=1S/C43H45N7O5S/c1-25-23-45-39-38-29-15-16-30(47-31(29)17-20-35(38)56-40(39)42(54)46-25)28-13-10-27(11-14-28)24-44-36(51)9-7-5-3-4-6-8-26-12-18-32-34(22-26)49(2)43(55)50(32)33-19-21-37(52)48-41(33)53/h10-18,20,22,25,33,45H,3-9,19,21,23-24H2,1-2H3,(H,44,51)(H,46,54)(H,48,52,53)/t25-,33?/m1/s1. The maximum atomic E-state index is 13.0. The lowest BCUT2D eigenvalue weighted by Crippen LogP contribution is -2.44. The van der Waals surface area contributed by atoms with Crippen molar-refractivity contribution in [3.63, 3.8) is 0 Å². The van der Waals surface area contributed by atoms with Gasteiger partial charge in [-0.3, -0.25) is 33.6 Å². The third-order valence-corrected chi connectivity index (χ3v) is 12.1. The molecule has 5 heterocycles. The summed E-state index contributed by atoms with van der Waals surface area (Å²) in [5.41, 5.74) is 6.99. The molecule has 3 aromatic carbocycles. The van der Waals surface area contributed by atoms with Crippen LogP contribution >= 0.6 is 11.3 Å². The van der Waals surface area contributed by atoms with Crippen molar-refractivity contribution in [2.45, 2.75) is 83.3 Å². The van der Waals surface area contributed by atoms with Gasteiger partial charge < -0.3 is 16.0 Å². The highest BCUT2D eigenvalue weighted by atomic mass is 32.1. The highest BCUT2D eigenvalue weighted by Crippen LogP contribution is 2.41. The highest BCUT2D eigenvalue weighted by molar-refractivity contribution is 7.21. The lowest BCUT2D eigenvalue weighted by molar-refractivity contribution is -0.135. The first kappa shape index (κ1) is 37.1. The van der Waals surface area contributed by atoms with E-state index in [0.29, 0.717) is 36.3 Å². The van der Waals surface area contributed by atoms with Crippen LogP contribution in [0.1, 0.15) is 85.1 Å². The first-order valence-electron chi connectivity index (χ1n) is 19.4. The molecule has 288 valence electrons. The first-order valence-corrected chi connectivity index (χ1v) is 20.3. The number of benzene rings is 3. The number of imide groups is 1. The molecule has 6 aromatic rings. The average molecular weight is 772 g/mol. The Morgan fingerprint density at radius 3 is 2.52 bits per heavy atom. The Hall–Kier alpha value is -5.82. The molecule has 0 spiro atoms. The fraction of sp³-hybridized carbons (Fsp3) is 0.349. The molecular formula is C43H45N7O5S. The van der Waals surface area contributed by atoms with Crippen LogP contribution in [-0.2, 0) is 34.4 Å². The minimum Gasteiger partial charge on any atom is -0.381 e. The Kier molecular flexibility index (Phi) is 10.4. The van der Waals surface area contributed by atoms with Crippen LogP contribution in [-0.4, -0.2) is 50.3 Å². The molecule has 4 N–H and O–H groups in total. The molecule has 12 nitrogen and oxygen atoms in total. The number of fused-ring (bicyclic) bond motifs is 6. The number of carbonyl (C=O) groups excluding carboxylic acids is 4. The van der Waals surface area contributed by atoms with Gasteiger partial charge >= 0.3 is 5.69 Å². The topological polar surface area (TPSA) is 156 Å². The van der Waals surface area contributed by atoms with Crippen molar-refractivity contribution in [1.82, 2.24) is 30.1 Å². The van der Waals surface area contributed by atoms with E-state index in [4.69, 9.17) is 4.98 Å². The van der Waals surface area contributed by atoms with Gasteiger partial charge in [0, 0.05) is 60.1 Å². The average Bonchev–Trinajstić information content (AvgIpc) is 3.65. The number of hydrogen-bond acceptors (Lipinski definition) is 8. The number of carbonyl (C=O) groups is 4. The highest BCUT2D eigenvalue weighted by Gasteiger charge is 2.31. The molecule has 1 saturated heterocycles. The zero-order valence-corrected chi connectivity index (χ0v) is 32.4. The number of pyridine rings is 1. The summed E-state index contributed by atoms with van der Waals surface area (Å²) >= 11 is 1.50. The van der Waals surface area contributed by atoms with E-state index in [-0.39, 0.29) is 35.9 Å². The maximum Gasteiger partial charge on any atom is 0.329 e. The summed E-state index contributed by atoms with van der Waals surface area (Å²) in [7, 11) is 1.71. The Balaban J connectivity index is 0.777. The number of nitrogens with one attached hydrogen (secondary N) is 4. The molecule has 8 rings (SSSR count). The number of aryl methyl sites for hydroxylation is 2. The van der Waals surface area contributed by atoms with Crippen LogP contribution in [0, 0.1) is 0 Å². The zero-order valence-electron chi connectivity index (χ0n) is 31.6. The third-order valence-electron chi connectivity index (χ3n) is 11.0. The van der Waals surface area contributed by atoms with Gasteiger partial charge in [0.15, 0.2) is 0 Å². The number of rotatable bonds is 12. The van der Waals surface area contributed by atoms with Crippen molar-refractivity contribution in [2.24, 2.45) is 7.05 Å². The van der Waals surface area contributed by atoms with E-state index in [9.17, 15) is 24.0 Å². The molecule has 56 heavy (non-hydrogen) atoms. The van der Waals surface area contributed by atoms with Crippen molar-refractivity contribution in [3.8, 4) is 11.3 Å². The molecule has 2 aliphatic heterocycles. The number of hydrogen-bond donors (Lipinski definition) is 4. The minimum atomic E-state index is -0.685. The van der Waals surface area contributed by atoms with Crippen LogP contribution in [0.15, 0.2) is 71.5 Å². The summed E-state index contributed by atoms with van der Waals surface area (Å²) in [5, 5.41) is 14.0. The van der Waals surface area contributed by atoms with Gasteiger partial charge in [-0.1, -0.05) is 49.6 Å². The van der Waals surface area contributed by atoms with Crippen molar-refractivity contribution < 1.29 is 19.2 Å². The maximum absolute atomic E-state index is 13.0. The van der Waals surface area contributed by atoms with Gasteiger partial charge in [-0.2, -0.15) is 0 Å². The molecule has 0 radical (unpaired) electrons. The molecule has 4 amide bonds. The summed E-state index contributed by atoms with van der Waals surface area (Å²) in [4.78, 5) is 68.2. The lowest BCUT2D eigenvalue weighted by atomic mass is 10.0. The van der Waals surface area contributed by atoms with E-state index < -0.39 is 11.9 Å². The molecule has 2 atom stereocenters. The first-order chi connectivity index (χ1) is 27.1. The molecule has 2 aliphatic rings. The second-order valence-electron chi connectivity index (χ2n) is 15.0. The predicted octanol–water partition coefficient (Wildman–Crippen LogP) is 6.49. The molecule has 0 aliphatic carbocycles. The second-order valence-corrected chi connectivity index (χ2v) is 16.1. The normalized spacial score (nSPS) is 17.1. The van der Waals surface area contributed by atoms with Gasteiger partial charge in [-0.05, 0) is 80.1 Å². The molecule has 1 fully saturated rings. The number of amides is 4. The van der Waals surface area contributed by atoms with E-state index in [2.05, 4.69) is 27.3 Å². The number of aromatic nitrogens is 3. The van der Waals surface area contributed by atoms with Gasteiger partial charge in [0.2, 0.25) is 17.7 Å². The zero-order chi connectivity index (χ0) is 38.9. The van der Waals surface area contributed by atoms with E-state index in [1.54, 1.807) is 11.6 Å². The van der Waals surface area contributed by atoms with E-state index in [0.717, 1.165) is 93.1 Å². The van der Waals surface area contributed by atoms with Crippen LogP contribution in [0.4, 0.5) is 5.69 Å². The summed E-state index contributed by atoms with van der Waals surface area (Å²) in [6.07, 6.45) is 6.81. The minimum absolute atomic E-state index is 0.0389. The van der Waals surface area contributed by atoms with E-state index >= 15 is 0 Å². The van der Waals surface area contributed by atoms with Gasteiger partial charge in [-0.25, -0.2) is 9.78 Å². The van der Waals surface area contributed by atoms with E-state index in [1.165, 1.54) is 15.9 Å². The van der Waals surface area contributed by atoms with Crippen LogP contribution < -0.4 is 27.0 Å². The number of unbranched alkanes of at least 4 members (excludes halogenated alkanes) is 4. The third kappa shape index (κ3) is 7.43. The molecule has 0 bridgehead atoms. The van der Waals surface area contributed by atoms with Gasteiger partial charge in [0.1, 0.15) is 10.9 Å². The van der Waals surface area contributed by atoms with Gasteiger partial charge in [0.05, 0.1) is 27.9 Å². The second kappa shape index (κ2) is 15.7. The monoisotopic (exact) mass is 771 g/mol. The van der Waals surface area contributed by atoms with Crippen LogP contribution in [0.5, 0.6) is 0 Å². The summed E-state index contributed by atoms with van der Waals surface area (Å²) in [5.74, 6) is -0.724. The van der Waals surface area contributed by atoms with Crippen molar-refractivity contribution in [2.75, 3.05) is 11.9 Å².